The van der Waals surface area contributed by atoms with Crippen LogP contribution in [0.3, 0.4) is 0 Å². The monoisotopic (exact) mass is 285 g/mol. The average molecular weight is 286 g/mol. The van der Waals surface area contributed by atoms with Crippen molar-refractivity contribution in [2.45, 2.75) is 32.6 Å². The molecule has 100 valence electrons. The third kappa shape index (κ3) is 3.27. The fraction of sp³-hybridized carbons (Fsp3) is 0.643. The largest absolute Gasteiger partial charge is 0.351 e. The second kappa shape index (κ2) is 6.58. The molecule has 0 aliphatic heterocycles. The van der Waals surface area contributed by atoms with Crippen LogP contribution >= 0.6 is 22.9 Å². The Bertz CT molecular complexity index is 404. The molecule has 0 bridgehead atoms. The first-order valence-corrected chi connectivity index (χ1v) is 8.02. The molecule has 2 nitrogen and oxygen atoms in total. The number of hydrogen-bond donors (Lipinski definition) is 1. The second-order valence-corrected chi connectivity index (χ2v) is 6.41. The molecule has 2 atom stereocenters. The van der Waals surface area contributed by atoms with E-state index in [2.05, 4.69) is 12.2 Å². The summed E-state index contributed by atoms with van der Waals surface area (Å²) in [6.45, 7) is 2.88. The van der Waals surface area contributed by atoms with Gasteiger partial charge in [0.25, 0.3) is 5.91 Å². The van der Waals surface area contributed by atoms with Gasteiger partial charge in [-0.1, -0.05) is 13.3 Å². The highest BCUT2D eigenvalue weighted by Gasteiger charge is 2.26. The summed E-state index contributed by atoms with van der Waals surface area (Å²) in [6.07, 6.45) is 4.65. The first kappa shape index (κ1) is 13.9. The molecular formula is C14H20ClNOS. The van der Waals surface area contributed by atoms with Crippen molar-refractivity contribution in [2.75, 3.05) is 12.4 Å². The van der Waals surface area contributed by atoms with E-state index in [-0.39, 0.29) is 5.91 Å². The number of carbonyl (C=O) groups excluding carboxylic acids is 1. The summed E-state index contributed by atoms with van der Waals surface area (Å²) in [5, 5.41) is 3.06. The zero-order chi connectivity index (χ0) is 13.0. The molecule has 1 aromatic heterocycles. The Morgan fingerprint density at radius 1 is 1.44 bits per heavy atom. The number of nitrogens with one attached hydrogen (secondary N) is 1. The quantitative estimate of drug-likeness (QED) is 0.821. The Labute approximate surface area is 118 Å². The Morgan fingerprint density at radius 2 is 2.22 bits per heavy atom. The maximum absolute atomic E-state index is 12.0. The topological polar surface area (TPSA) is 29.1 Å². The molecule has 0 saturated heterocycles. The van der Waals surface area contributed by atoms with Crippen molar-refractivity contribution in [1.82, 2.24) is 5.32 Å². The average Bonchev–Trinajstić information content (AvgIpc) is 3.04. The Hall–Kier alpha value is -0.540. The van der Waals surface area contributed by atoms with E-state index in [1.807, 2.05) is 12.1 Å². The third-order valence-electron chi connectivity index (χ3n) is 3.77. The van der Waals surface area contributed by atoms with Crippen LogP contribution in [0.2, 0.25) is 0 Å². The predicted molar refractivity (Wildman–Crippen MR) is 77.6 cm³/mol. The molecular weight excluding hydrogens is 266 g/mol. The third-order valence-corrected chi connectivity index (χ3v) is 5.40. The molecule has 0 aromatic carbocycles. The van der Waals surface area contributed by atoms with Crippen LogP contribution in [-0.2, 0) is 6.42 Å². The highest BCUT2D eigenvalue weighted by atomic mass is 35.5. The molecule has 1 N–H and O–H groups in total. The molecule has 4 heteroatoms. The number of halogens is 1. The maximum atomic E-state index is 12.0. The lowest BCUT2D eigenvalue weighted by atomic mass is 9.98. The summed E-state index contributed by atoms with van der Waals surface area (Å²) in [6, 6.07) is 3.96. The van der Waals surface area contributed by atoms with Gasteiger partial charge >= 0.3 is 0 Å². The van der Waals surface area contributed by atoms with Crippen LogP contribution in [-0.4, -0.2) is 18.3 Å². The predicted octanol–water partition coefficient (Wildman–Crippen LogP) is 3.70. The van der Waals surface area contributed by atoms with Crippen molar-refractivity contribution in [2.24, 2.45) is 11.8 Å². The van der Waals surface area contributed by atoms with Crippen molar-refractivity contribution >= 4 is 28.8 Å². The van der Waals surface area contributed by atoms with E-state index in [0.29, 0.717) is 11.8 Å². The number of amides is 1. The summed E-state index contributed by atoms with van der Waals surface area (Å²) in [5.74, 6) is 1.94. The maximum Gasteiger partial charge on any atom is 0.261 e. The van der Waals surface area contributed by atoms with E-state index in [1.54, 1.807) is 11.3 Å². The first-order chi connectivity index (χ1) is 8.74. The van der Waals surface area contributed by atoms with Crippen LogP contribution in [0, 0.1) is 11.8 Å². The van der Waals surface area contributed by atoms with Crippen LogP contribution in [0.15, 0.2) is 12.1 Å². The number of rotatable bonds is 5. The molecule has 1 saturated carbocycles. The van der Waals surface area contributed by atoms with Gasteiger partial charge in [0.2, 0.25) is 0 Å². The lowest BCUT2D eigenvalue weighted by Crippen LogP contribution is -2.30. The van der Waals surface area contributed by atoms with E-state index in [4.69, 9.17) is 11.6 Å². The summed E-state index contributed by atoms with van der Waals surface area (Å²) in [4.78, 5) is 14.1. The highest BCUT2D eigenvalue weighted by molar-refractivity contribution is 7.14. The highest BCUT2D eigenvalue weighted by Crippen LogP contribution is 2.32. The Balaban J connectivity index is 1.84. The fourth-order valence-electron chi connectivity index (χ4n) is 2.59. The Morgan fingerprint density at radius 3 is 2.89 bits per heavy atom. The van der Waals surface area contributed by atoms with Gasteiger partial charge in [0, 0.05) is 17.3 Å². The van der Waals surface area contributed by atoms with Gasteiger partial charge in [-0.2, -0.15) is 0 Å². The molecule has 2 rings (SSSR count). The number of thiophene rings is 1. The van der Waals surface area contributed by atoms with Crippen LogP contribution < -0.4 is 5.32 Å². The van der Waals surface area contributed by atoms with E-state index < -0.39 is 0 Å². The summed E-state index contributed by atoms with van der Waals surface area (Å²) in [5.41, 5.74) is 0. The van der Waals surface area contributed by atoms with E-state index in [9.17, 15) is 4.79 Å². The van der Waals surface area contributed by atoms with Gasteiger partial charge in [0.15, 0.2) is 0 Å². The molecule has 0 spiro atoms. The standard InChI is InChI=1S/C14H20ClNOS/c1-2-12-6-7-13(18-12)14(17)16-9-11-5-3-4-10(11)8-15/h6-7,10-11H,2-5,8-9H2,1H3,(H,16,17). The van der Waals surface area contributed by atoms with Gasteiger partial charge in [-0.15, -0.1) is 22.9 Å². The molecule has 1 aliphatic carbocycles. The van der Waals surface area contributed by atoms with Gasteiger partial charge < -0.3 is 5.32 Å². The van der Waals surface area contributed by atoms with Crippen LogP contribution in [0.4, 0.5) is 0 Å². The van der Waals surface area contributed by atoms with E-state index in [0.717, 1.165) is 23.7 Å². The summed E-state index contributed by atoms with van der Waals surface area (Å²) < 4.78 is 0. The summed E-state index contributed by atoms with van der Waals surface area (Å²) >= 11 is 7.54. The molecule has 1 amide bonds. The minimum Gasteiger partial charge on any atom is -0.351 e. The Kier molecular flexibility index (Phi) is 5.07. The van der Waals surface area contributed by atoms with Gasteiger partial charge in [-0.05, 0) is 43.2 Å². The van der Waals surface area contributed by atoms with Crippen molar-refractivity contribution in [1.29, 1.82) is 0 Å². The molecule has 18 heavy (non-hydrogen) atoms. The van der Waals surface area contributed by atoms with E-state index >= 15 is 0 Å². The molecule has 1 aliphatic rings. The fourth-order valence-corrected chi connectivity index (χ4v) is 3.86. The SMILES string of the molecule is CCc1ccc(C(=O)NCC2CCCC2CCl)s1. The molecule has 2 unspecified atom stereocenters. The lowest BCUT2D eigenvalue weighted by molar-refractivity contribution is 0.0949. The second-order valence-electron chi connectivity index (χ2n) is 4.93. The van der Waals surface area contributed by atoms with Crippen molar-refractivity contribution in [3.63, 3.8) is 0 Å². The molecule has 1 fully saturated rings. The van der Waals surface area contributed by atoms with Gasteiger partial charge in [0.05, 0.1) is 4.88 Å². The molecule has 1 heterocycles. The van der Waals surface area contributed by atoms with Crippen molar-refractivity contribution < 1.29 is 4.79 Å². The van der Waals surface area contributed by atoms with Gasteiger partial charge in [-0.3, -0.25) is 4.79 Å². The van der Waals surface area contributed by atoms with Crippen molar-refractivity contribution in [3.8, 4) is 0 Å². The van der Waals surface area contributed by atoms with Gasteiger partial charge in [0.1, 0.15) is 0 Å². The van der Waals surface area contributed by atoms with Crippen LogP contribution in [0.5, 0.6) is 0 Å². The normalized spacial score (nSPS) is 23.2. The minimum absolute atomic E-state index is 0.0694. The number of hydrogen-bond acceptors (Lipinski definition) is 2. The molecule has 1 aromatic rings. The number of aryl methyl sites for hydroxylation is 1. The zero-order valence-corrected chi connectivity index (χ0v) is 12.3. The van der Waals surface area contributed by atoms with E-state index in [1.165, 1.54) is 24.1 Å². The number of alkyl halides is 1. The van der Waals surface area contributed by atoms with Crippen LogP contribution in [0.25, 0.3) is 0 Å². The molecule has 0 radical (unpaired) electrons. The lowest BCUT2D eigenvalue weighted by Gasteiger charge is -2.17. The zero-order valence-electron chi connectivity index (χ0n) is 10.7. The van der Waals surface area contributed by atoms with Gasteiger partial charge in [-0.25, -0.2) is 0 Å². The first-order valence-electron chi connectivity index (χ1n) is 6.67. The van der Waals surface area contributed by atoms with Crippen molar-refractivity contribution in [3.05, 3.63) is 21.9 Å². The summed E-state index contributed by atoms with van der Waals surface area (Å²) in [7, 11) is 0. The van der Waals surface area contributed by atoms with Crippen LogP contribution in [0.1, 0.15) is 40.7 Å². The number of carbonyl (C=O) groups is 1. The minimum atomic E-state index is 0.0694. The smallest absolute Gasteiger partial charge is 0.261 e.